The van der Waals surface area contributed by atoms with Crippen LogP contribution in [0.4, 0.5) is 0 Å². The summed E-state index contributed by atoms with van der Waals surface area (Å²) in [6.07, 6.45) is 9.72. The third-order valence-corrected chi connectivity index (χ3v) is 5.01. The molecule has 0 amide bonds. The maximum Gasteiger partial charge on any atom is 0.0774 e. The van der Waals surface area contributed by atoms with E-state index in [1.165, 1.54) is 38.5 Å². The lowest BCUT2D eigenvalue weighted by molar-refractivity contribution is -0.00435. The van der Waals surface area contributed by atoms with E-state index in [1.54, 1.807) is 0 Å². The van der Waals surface area contributed by atoms with Gasteiger partial charge in [-0.25, -0.2) is 0 Å². The molecule has 2 aliphatic rings. The smallest absolute Gasteiger partial charge is 0.0774 e. The van der Waals surface area contributed by atoms with Gasteiger partial charge in [-0.3, -0.25) is 0 Å². The minimum Gasteiger partial charge on any atom is -0.389 e. The Balaban J connectivity index is 1.82. The van der Waals surface area contributed by atoms with Gasteiger partial charge in [0.2, 0.25) is 0 Å². The summed E-state index contributed by atoms with van der Waals surface area (Å²) < 4.78 is 0. The molecule has 0 saturated heterocycles. The topological polar surface area (TPSA) is 23.5 Å². The Morgan fingerprint density at radius 3 is 2.12 bits per heavy atom. The van der Waals surface area contributed by atoms with Crippen LogP contribution in [0.2, 0.25) is 0 Å². The molecule has 0 atom stereocenters. The highest BCUT2D eigenvalue weighted by Gasteiger charge is 2.35. The number of rotatable bonds is 3. The van der Waals surface area contributed by atoms with Crippen molar-refractivity contribution in [2.24, 2.45) is 5.41 Å². The van der Waals surface area contributed by atoms with Gasteiger partial charge in [-0.1, -0.05) is 26.7 Å². The molecule has 0 radical (unpaired) electrons. The lowest BCUT2D eigenvalue weighted by Crippen LogP contribution is -2.45. The summed E-state index contributed by atoms with van der Waals surface area (Å²) >= 11 is 0. The van der Waals surface area contributed by atoms with Crippen LogP contribution < -0.4 is 0 Å². The Morgan fingerprint density at radius 1 is 1.06 bits per heavy atom. The minimum absolute atomic E-state index is 0.373. The highest BCUT2D eigenvalue weighted by molar-refractivity contribution is 4.90. The Kier molecular flexibility index (Phi) is 3.84. The van der Waals surface area contributed by atoms with Crippen LogP contribution in [0.5, 0.6) is 0 Å². The lowest BCUT2D eigenvalue weighted by atomic mass is 9.75. The van der Waals surface area contributed by atoms with Crippen LogP contribution in [0.15, 0.2) is 0 Å². The van der Waals surface area contributed by atoms with Crippen LogP contribution in [-0.2, 0) is 0 Å². The normalized spacial score (nSPS) is 28.8. The summed E-state index contributed by atoms with van der Waals surface area (Å²) in [4.78, 5) is 2.43. The summed E-state index contributed by atoms with van der Waals surface area (Å²) in [5.74, 6) is 0. The second-order valence-corrected chi connectivity index (χ2v) is 7.24. The number of aliphatic hydroxyl groups is 1. The second kappa shape index (κ2) is 4.89. The molecule has 0 aromatic carbocycles. The monoisotopic (exact) mass is 239 g/mol. The van der Waals surface area contributed by atoms with Crippen LogP contribution in [0, 0.1) is 5.41 Å². The van der Waals surface area contributed by atoms with Crippen molar-refractivity contribution in [1.82, 2.24) is 4.90 Å². The molecule has 0 bridgehead atoms. The van der Waals surface area contributed by atoms with E-state index in [1.807, 2.05) is 0 Å². The van der Waals surface area contributed by atoms with Gasteiger partial charge in [-0.15, -0.1) is 0 Å². The highest BCUT2D eigenvalue weighted by atomic mass is 16.3. The summed E-state index contributed by atoms with van der Waals surface area (Å²) in [7, 11) is 2.21. The van der Waals surface area contributed by atoms with Crippen LogP contribution in [-0.4, -0.2) is 35.2 Å². The molecule has 100 valence electrons. The van der Waals surface area contributed by atoms with E-state index in [4.69, 9.17) is 0 Å². The predicted octanol–water partition coefficient (Wildman–Crippen LogP) is 3.19. The van der Waals surface area contributed by atoms with Gasteiger partial charge in [0, 0.05) is 12.6 Å². The molecule has 2 rings (SSSR count). The number of hydrogen-bond acceptors (Lipinski definition) is 2. The van der Waals surface area contributed by atoms with Crippen molar-refractivity contribution in [1.29, 1.82) is 0 Å². The third-order valence-electron chi connectivity index (χ3n) is 5.01. The lowest BCUT2D eigenvalue weighted by Gasteiger charge is -2.40. The average molecular weight is 239 g/mol. The van der Waals surface area contributed by atoms with Gasteiger partial charge in [0.1, 0.15) is 0 Å². The van der Waals surface area contributed by atoms with E-state index in [0.717, 1.165) is 19.4 Å². The fourth-order valence-corrected chi connectivity index (χ4v) is 3.61. The maximum absolute atomic E-state index is 10.5. The first-order valence-corrected chi connectivity index (χ1v) is 7.33. The quantitative estimate of drug-likeness (QED) is 0.817. The molecule has 17 heavy (non-hydrogen) atoms. The molecule has 1 N–H and O–H groups in total. The van der Waals surface area contributed by atoms with E-state index in [-0.39, 0.29) is 5.60 Å². The highest BCUT2D eigenvalue weighted by Crippen LogP contribution is 2.38. The van der Waals surface area contributed by atoms with E-state index in [0.29, 0.717) is 11.5 Å². The van der Waals surface area contributed by atoms with Crippen molar-refractivity contribution in [3.63, 3.8) is 0 Å². The van der Waals surface area contributed by atoms with Crippen molar-refractivity contribution in [2.75, 3.05) is 13.6 Å². The van der Waals surface area contributed by atoms with E-state index in [2.05, 4.69) is 25.8 Å². The molecule has 0 spiro atoms. The van der Waals surface area contributed by atoms with Crippen molar-refractivity contribution < 1.29 is 5.11 Å². The molecule has 2 heteroatoms. The molecule has 0 heterocycles. The van der Waals surface area contributed by atoms with Gasteiger partial charge in [-0.05, 0) is 51.0 Å². The van der Waals surface area contributed by atoms with E-state index >= 15 is 0 Å². The summed E-state index contributed by atoms with van der Waals surface area (Å²) in [5.41, 5.74) is 0.170. The third kappa shape index (κ3) is 3.45. The first-order valence-electron chi connectivity index (χ1n) is 7.33. The first-order chi connectivity index (χ1) is 7.90. The van der Waals surface area contributed by atoms with Gasteiger partial charge < -0.3 is 10.0 Å². The molecule has 0 aliphatic heterocycles. The zero-order valence-electron chi connectivity index (χ0n) is 11.8. The van der Waals surface area contributed by atoms with Crippen molar-refractivity contribution in [3.05, 3.63) is 0 Å². The Bertz CT molecular complexity index is 246. The van der Waals surface area contributed by atoms with Crippen LogP contribution >= 0.6 is 0 Å². The summed E-state index contributed by atoms with van der Waals surface area (Å²) in [6, 6.07) is 0.702. The van der Waals surface area contributed by atoms with Crippen LogP contribution in [0.25, 0.3) is 0 Å². The fourth-order valence-electron chi connectivity index (χ4n) is 3.61. The average Bonchev–Trinajstić information content (AvgIpc) is 2.64. The number of nitrogens with zero attached hydrogens (tertiary/aromatic N) is 1. The zero-order chi connectivity index (χ0) is 12.5. The summed E-state index contributed by atoms with van der Waals surface area (Å²) in [6.45, 7) is 5.65. The first kappa shape index (κ1) is 13.4. The molecule has 2 nitrogen and oxygen atoms in total. The minimum atomic E-state index is -0.373. The number of likely N-dealkylation sites (N-methyl/N-ethyl adjacent to an activating group) is 1. The van der Waals surface area contributed by atoms with Gasteiger partial charge in [-0.2, -0.15) is 0 Å². The van der Waals surface area contributed by atoms with E-state index in [9.17, 15) is 5.11 Å². The largest absolute Gasteiger partial charge is 0.389 e. The van der Waals surface area contributed by atoms with Crippen molar-refractivity contribution >= 4 is 0 Å². The van der Waals surface area contributed by atoms with Gasteiger partial charge in [0.25, 0.3) is 0 Å². The second-order valence-electron chi connectivity index (χ2n) is 7.24. The van der Waals surface area contributed by atoms with Gasteiger partial charge >= 0.3 is 0 Å². The van der Waals surface area contributed by atoms with Crippen molar-refractivity contribution in [3.8, 4) is 0 Å². The predicted molar refractivity (Wildman–Crippen MR) is 72.1 cm³/mol. The Labute approximate surface area is 106 Å². The van der Waals surface area contributed by atoms with E-state index < -0.39 is 0 Å². The molecule has 0 unspecified atom stereocenters. The number of hydrogen-bond donors (Lipinski definition) is 1. The zero-order valence-corrected chi connectivity index (χ0v) is 11.8. The standard InChI is InChI=1S/C15H29NO/c1-14(2)10-6-13(7-11-14)16(3)12-15(17)8-4-5-9-15/h13,17H,4-12H2,1-3H3. The summed E-state index contributed by atoms with van der Waals surface area (Å²) in [5, 5.41) is 10.5. The molecular formula is C15H29NO. The molecule has 0 aromatic heterocycles. The molecule has 2 aliphatic carbocycles. The SMILES string of the molecule is CN(CC1(O)CCCC1)C1CCC(C)(C)CC1. The molecule has 2 fully saturated rings. The Hall–Kier alpha value is -0.0800. The Morgan fingerprint density at radius 2 is 1.59 bits per heavy atom. The van der Waals surface area contributed by atoms with Crippen LogP contribution in [0.1, 0.15) is 65.2 Å². The molecule has 0 aromatic rings. The maximum atomic E-state index is 10.5. The van der Waals surface area contributed by atoms with Gasteiger partial charge in [0.05, 0.1) is 5.60 Å². The van der Waals surface area contributed by atoms with Crippen molar-refractivity contribution in [2.45, 2.75) is 76.9 Å². The molecular weight excluding hydrogens is 210 g/mol. The molecule has 2 saturated carbocycles. The van der Waals surface area contributed by atoms with Gasteiger partial charge in [0.15, 0.2) is 0 Å². The van der Waals surface area contributed by atoms with Crippen LogP contribution in [0.3, 0.4) is 0 Å². The fraction of sp³-hybridized carbons (Fsp3) is 1.00.